The van der Waals surface area contributed by atoms with E-state index in [4.69, 9.17) is 9.84 Å². The highest BCUT2D eigenvalue weighted by Crippen LogP contribution is 2.05. The van der Waals surface area contributed by atoms with Crippen LogP contribution in [0.5, 0.6) is 0 Å². The van der Waals surface area contributed by atoms with Crippen LogP contribution in [0.25, 0.3) is 0 Å². The van der Waals surface area contributed by atoms with Crippen molar-refractivity contribution in [2.24, 2.45) is 0 Å². The third-order valence-corrected chi connectivity index (χ3v) is 1.93. The highest BCUT2D eigenvalue weighted by Gasteiger charge is 2.11. The quantitative estimate of drug-likeness (QED) is 0.573. The largest absolute Gasteiger partial charge is 0.396 e. The van der Waals surface area contributed by atoms with E-state index in [2.05, 4.69) is 5.32 Å². The van der Waals surface area contributed by atoms with Crippen molar-refractivity contribution in [1.82, 2.24) is 5.32 Å². The van der Waals surface area contributed by atoms with Gasteiger partial charge in [-0.25, -0.2) is 0 Å². The predicted octanol–water partition coefficient (Wildman–Crippen LogP) is 0.137. The van der Waals surface area contributed by atoms with Crippen LogP contribution in [0.2, 0.25) is 0 Å². The van der Waals surface area contributed by atoms with E-state index in [1.807, 2.05) is 0 Å². The molecule has 1 fully saturated rings. The molecule has 0 aromatic rings. The summed E-state index contributed by atoms with van der Waals surface area (Å²) in [6.45, 7) is 2.94. The second-order valence-corrected chi connectivity index (χ2v) is 2.95. The molecule has 11 heavy (non-hydrogen) atoms. The van der Waals surface area contributed by atoms with E-state index in [0.717, 1.165) is 32.6 Å². The maximum absolute atomic E-state index is 8.52. The van der Waals surface area contributed by atoms with E-state index in [-0.39, 0.29) is 6.61 Å². The molecule has 1 heterocycles. The number of hydrogen-bond acceptors (Lipinski definition) is 3. The zero-order chi connectivity index (χ0) is 7.94. The fraction of sp³-hybridized carbons (Fsp3) is 1.00. The molecule has 1 aliphatic rings. The van der Waals surface area contributed by atoms with Crippen molar-refractivity contribution in [2.45, 2.75) is 25.3 Å². The zero-order valence-corrected chi connectivity index (χ0v) is 6.88. The molecule has 1 saturated heterocycles. The Morgan fingerprint density at radius 2 is 2.45 bits per heavy atom. The molecule has 0 aromatic carbocycles. The molecule has 3 nitrogen and oxygen atoms in total. The molecular formula is C8H17NO2. The first kappa shape index (κ1) is 8.97. The highest BCUT2D eigenvalue weighted by atomic mass is 16.5. The van der Waals surface area contributed by atoms with Crippen LogP contribution in [-0.2, 0) is 4.74 Å². The number of rotatable bonds is 4. The normalized spacial score (nSPS) is 25.4. The van der Waals surface area contributed by atoms with Gasteiger partial charge in [0, 0.05) is 19.3 Å². The fourth-order valence-corrected chi connectivity index (χ4v) is 1.29. The lowest BCUT2D eigenvalue weighted by Crippen LogP contribution is -2.37. The third-order valence-electron chi connectivity index (χ3n) is 1.93. The minimum atomic E-state index is 0.278. The van der Waals surface area contributed by atoms with Gasteiger partial charge in [-0.15, -0.1) is 0 Å². The molecule has 2 N–H and O–H groups in total. The van der Waals surface area contributed by atoms with Crippen molar-refractivity contribution in [2.75, 3.05) is 26.4 Å². The molecule has 0 spiro atoms. The van der Waals surface area contributed by atoms with Gasteiger partial charge in [0.25, 0.3) is 0 Å². The average molecular weight is 159 g/mol. The first-order chi connectivity index (χ1) is 5.43. The molecule has 0 bridgehead atoms. The van der Waals surface area contributed by atoms with E-state index in [1.165, 1.54) is 6.42 Å². The molecule has 0 radical (unpaired) electrons. The molecule has 3 heteroatoms. The summed E-state index contributed by atoms with van der Waals surface area (Å²) in [6.07, 6.45) is 3.22. The summed E-state index contributed by atoms with van der Waals surface area (Å²) >= 11 is 0. The molecule has 1 rings (SSSR count). The lowest BCUT2D eigenvalue weighted by Gasteiger charge is -2.22. The van der Waals surface area contributed by atoms with Crippen molar-refractivity contribution in [3.8, 4) is 0 Å². The second-order valence-electron chi connectivity index (χ2n) is 2.95. The molecule has 0 amide bonds. The Morgan fingerprint density at radius 3 is 3.09 bits per heavy atom. The smallest absolute Gasteiger partial charge is 0.0619 e. The zero-order valence-electron chi connectivity index (χ0n) is 6.88. The van der Waals surface area contributed by atoms with Crippen LogP contribution in [0, 0.1) is 0 Å². The van der Waals surface area contributed by atoms with E-state index in [0.29, 0.717) is 6.04 Å². The summed E-state index contributed by atoms with van der Waals surface area (Å²) < 4.78 is 5.29. The maximum atomic E-state index is 8.52. The number of hydrogen-bond donors (Lipinski definition) is 2. The maximum Gasteiger partial charge on any atom is 0.0619 e. The Balaban J connectivity index is 1.96. The third kappa shape index (κ3) is 3.70. The Labute approximate surface area is 67.7 Å². The van der Waals surface area contributed by atoms with Gasteiger partial charge in [0.1, 0.15) is 0 Å². The van der Waals surface area contributed by atoms with Gasteiger partial charge in [0.05, 0.1) is 6.61 Å². The molecule has 1 aliphatic heterocycles. The Morgan fingerprint density at radius 1 is 1.55 bits per heavy atom. The molecule has 1 unspecified atom stereocenters. The summed E-state index contributed by atoms with van der Waals surface area (Å²) in [5.41, 5.74) is 0. The van der Waals surface area contributed by atoms with E-state index < -0.39 is 0 Å². The summed E-state index contributed by atoms with van der Waals surface area (Å²) in [5.74, 6) is 0. The van der Waals surface area contributed by atoms with E-state index in [9.17, 15) is 0 Å². The Bertz CT molecular complexity index is 92.1. The van der Waals surface area contributed by atoms with Crippen LogP contribution < -0.4 is 5.32 Å². The molecule has 0 saturated carbocycles. The predicted molar refractivity (Wildman–Crippen MR) is 43.5 cm³/mol. The molecular weight excluding hydrogens is 142 g/mol. The lowest BCUT2D eigenvalue weighted by molar-refractivity contribution is 0.0700. The first-order valence-corrected chi connectivity index (χ1v) is 4.35. The van der Waals surface area contributed by atoms with Crippen LogP contribution in [0.4, 0.5) is 0 Å². The van der Waals surface area contributed by atoms with Crippen LogP contribution in [0.15, 0.2) is 0 Å². The van der Waals surface area contributed by atoms with Crippen LogP contribution in [-0.4, -0.2) is 37.5 Å². The number of nitrogens with one attached hydrogen (secondary N) is 1. The van der Waals surface area contributed by atoms with Gasteiger partial charge in [-0.1, -0.05) is 0 Å². The van der Waals surface area contributed by atoms with E-state index >= 15 is 0 Å². The topological polar surface area (TPSA) is 41.5 Å². The van der Waals surface area contributed by atoms with Gasteiger partial charge >= 0.3 is 0 Å². The Kier molecular flexibility index (Phi) is 4.50. The highest BCUT2D eigenvalue weighted by molar-refractivity contribution is 4.69. The minimum absolute atomic E-state index is 0.278. The number of aliphatic hydroxyl groups is 1. The van der Waals surface area contributed by atoms with Gasteiger partial charge in [0.2, 0.25) is 0 Å². The van der Waals surface area contributed by atoms with Gasteiger partial charge in [-0.05, 0) is 25.8 Å². The standard InChI is InChI=1S/C8H17NO2/c10-5-2-4-9-8-3-1-6-11-7-8/h8-10H,1-7H2. The molecule has 0 aromatic heterocycles. The van der Waals surface area contributed by atoms with Crippen molar-refractivity contribution in [3.05, 3.63) is 0 Å². The van der Waals surface area contributed by atoms with Crippen molar-refractivity contribution >= 4 is 0 Å². The lowest BCUT2D eigenvalue weighted by atomic mass is 10.1. The summed E-state index contributed by atoms with van der Waals surface area (Å²) in [5, 5.41) is 11.9. The van der Waals surface area contributed by atoms with Crippen molar-refractivity contribution in [3.63, 3.8) is 0 Å². The first-order valence-electron chi connectivity index (χ1n) is 4.35. The fourth-order valence-electron chi connectivity index (χ4n) is 1.29. The van der Waals surface area contributed by atoms with E-state index in [1.54, 1.807) is 0 Å². The minimum Gasteiger partial charge on any atom is -0.396 e. The Hall–Kier alpha value is -0.120. The molecule has 1 atom stereocenters. The van der Waals surface area contributed by atoms with Crippen molar-refractivity contribution < 1.29 is 9.84 Å². The monoisotopic (exact) mass is 159 g/mol. The summed E-state index contributed by atoms with van der Waals surface area (Å²) in [6, 6.07) is 0.523. The summed E-state index contributed by atoms with van der Waals surface area (Å²) in [4.78, 5) is 0. The number of ether oxygens (including phenoxy) is 1. The van der Waals surface area contributed by atoms with Gasteiger partial charge in [-0.3, -0.25) is 0 Å². The number of aliphatic hydroxyl groups excluding tert-OH is 1. The van der Waals surface area contributed by atoms with Crippen LogP contribution in [0.1, 0.15) is 19.3 Å². The van der Waals surface area contributed by atoms with Crippen LogP contribution >= 0.6 is 0 Å². The van der Waals surface area contributed by atoms with Crippen molar-refractivity contribution in [1.29, 1.82) is 0 Å². The average Bonchev–Trinajstić information content (AvgIpc) is 2.07. The SMILES string of the molecule is OCCCNC1CCCOC1. The van der Waals surface area contributed by atoms with Gasteiger partial charge in [-0.2, -0.15) is 0 Å². The van der Waals surface area contributed by atoms with Gasteiger partial charge in [0.15, 0.2) is 0 Å². The van der Waals surface area contributed by atoms with Crippen LogP contribution in [0.3, 0.4) is 0 Å². The molecule has 66 valence electrons. The second kappa shape index (κ2) is 5.52. The van der Waals surface area contributed by atoms with Gasteiger partial charge < -0.3 is 15.2 Å². The molecule has 0 aliphatic carbocycles. The summed E-state index contributed by atoms with van der Waals surface area (Å²) in [7, 11) is 0.